The van der Waals surface area contributed by atoms with Crippen LogP contribution >= 0.6 is 0 Å². The number of ether oxygens (including phenoxy) is 2. The number of benzene rings is 2. The van der Waals surface area contributed by atoms with Crippen LogP contribution in [0.25, 0.3) is 11.4 Å². The minimum absolute atomic E-state index is 0.0256. The molecule has 2 aromatic carbocycles. The van der Waals surface area contributed by atoms with Crippen molar-refractivity contribution in [1.29, 1.82) is 0 Å². The first kappa shape index (κ1) is 19.2. The van der Waals surface area contributed by atoms with Crippen molar-refractivity contribution in [2.75, 3.05) is 37.9 Å². The quantitative estimate of drug-likeness (QED) is 0.622. The molecule has 8 heteroatoms. The summed E-state index contributed by atoms with van der Waals surface area (Å²) in [6.07, 6.45) is 3.53. The third kappa shape index (κ3) is 3.45. The van der Waals surface area contributed by atoms with E-state index in [2.05, 4.69) is 27.2 Å². The zero-order chi connectivity index (χ0) is 21.5. The number of amides is 1. The third-order valence-electron chi connectivity index (χ3n) is 6.57. The number of rotatable bonds is 4. The highest BCUT2D eigenvalue weighted by Gasteiger charge is 2.26. The number of carbonyl (C=O) groups is 1. The van der Waals surface area contributed by atoms with Crippen LogP contribution in [-0.2, 0) is 0 Å². The van der Waals surface area contributed by atoms with Gasteiger partial charge in [0, 0.05) is 48.9 Å². The molecule has 3 aliphatic rings. The SMILES string of the molecule is O=C(c1ccc2c(c1)OCO2)N1CCN(c2ccc(-c3noc(C4CCC4)n3)cc2)CC1. The van der Waals surface area contributed by atoms with Crippen molar-refractivity contribution < 1.29 is 18.8 Å². The van der Waals surface area contributed by atoms with Crippen molar-refractivity contribution in [3.63, 3.8) is 0 Å². The molecule has 1 amide bonds. The largest absolute Gasteiger partial charge is 0.454 e. The summed E-state index contributed by atoms with van der Waals surface area (Å²) in [6.45, 7) is 3.11. The molecule has 1 saturated carbocycles. The van der Waals surface area contributed by atoms with Crippen LogP contribution in [-0.4, -0.2) is 53.9 Å². The van der Waals surface area contributed by atoms with Gasteiger partial charge in [0.15, 0.2) is 11.5 Å². The highest BCUT2D eigenvalue weighted by Crippen LogP contribution is 2.36. The Kier molecular flexibility index (Phi) is 4.70. The second-order valence-electron chi connectivity index (χ2n) is 8.48. The molecule has 3 heterocycles. The van der Waals surface area contributed by atoms with Crippen molar-refractivity contribution in [2.45, 2.75) is 25.2 Å². The fourth-order valence-electron chi connectivity index (χ4n) is 4.37. The molecule has 0 spiro atoms. The predicted molar refractivity (Wildman–Crippen MR) is 117 cm³/mol. The van der Waals surface area contributed by atoms with Crippen LogP contribution in [0, 0.1) is 0 Å². The Balaban J connectivity index is 1.08. The topological polar surface area (TPSA) is 80.9 Å². The summed E-state index contributed by atoms with van der Waals surface area (Å²) in [5.74, 6) is 3.20. The standard InChI is InChI=1S/C24H24N4O4/c29-24(18-6-9-20-21(14-18)31-15-30-20)28-12-10-27(11-13-28)19-7-4-16(5-8-19)22-25-23(32-26-22)17-2-1-3-17/h4-9,14,17H,1-3,10-13,15H2. The van der Waals surface area contributed by atoms with Gasteiger partial charge in [0.2, 0.25) is 18.5 Å². The van der Waals surface area contributed by atoms with Crippen LogP contribution in [0.15, 0.2) is 47.0 Å². The molecule has 3 aromatic rings. The number of piperazine rings is 1. The first-order valence-corrected chi connectivity index (χ1v) is 11.1. The van der Waals surface area contributed by atoms with Crippen LogP contribution in [0.1, 0.15) is 41.4 Å². The lowest BCUT2D eigenvalue weighted by atomic mass is 9.85. The maximum Gasteiger partial charge on any atom is 0.254 e. The molecule has 6 rings (SSSR count). The van der Waals surface area contributed by atoms with Gasteiger partial charge in [-0.2, -0.15) is 4.98 Å². The fourth-order valence-corrected chi connectivity index (χ4v) is 4.37. The molecule has 8 nitrogen and oxygen atoms in total. The second-order valence-corrected chi connectivity index (χ2v) is 8.48. The normalized spacial score (nSPS) is 18.0. The number of anilines is 1. The highest BCUT2D eigenvalue weighted by molar-refractivity contribution is 5.95. The van der Waals surface area contributed by atoms with E-state index in [0.29, 0.717) is 41.9 Å². The lowest BCUT2D eigenvalue weighted by molar-refractivity contribution is 0.0746. The third-order valence-corrected chi connectivity index (χ3v) is 6.57. The monoisotopic (exact) mass is 432 g/mol. The van der Waals surface area contributed by atoms with Gasteiger partial charge in [0.25, 0.3) is 5.91 Å². The van der Waals surface area contributed by atoms with Gasteiger partial charge in [-0.15, -0.1) is 0 Å². The summed E-state index contributed by atoms with van der Waals surface area (Å²) in [6, 6.07) is 13.6. The van der Waals surface area contributed by atoms with Crippen LogP contribution in [0.5, 0.6) is 11.5 Å². The van der Waals surface area contributed by atoms with Gasteiger partial charge >= 0.3 is 0 Å². The summed E-state index contributed by atoms with van der Waals surface area (Å²) in [5, 5.41) is 4.15. The Hall–Kier alpha value is -3.55. The van der Waals surface area contributed by atoms with E-state index < -0.39 is 0 Å². The molecule has 1 aromatic heterocycles. The summed E-state index contributed by atoms with van der Waals surface area (Å²) < 4.78 is 16.2. The van der Waals surface area contributed by atoms with Gasteiger partial charge in [0.05, 0.1) is 0 Å². The first-order valence-electron chi connectivity index (χ1n) is 11.1. The van der Waals surface area contributed by atoms with Crippen molar-refractivity contribution in [2.24, 2.45) is 0 Å². The zero-order valence-corrected chi connectivity index (χ0v) is 17.7. The van der Waals surface area contributed by atoms with Crippen LogP contribution in [0.4, 0.5) is 5.69 Å². The molecule has 1 aliphatic carbocycles. The number of aromatic nitrogens is 2. The molecule has 0 radical (unpaired) electrons. The van der Waals surface area contributed by atoms with Gasteiger partial charge in [-0.05, 0) is 55.3 Å². The summed E-state index contributed by atoms with van der Waals surface area (Å²) in [5.41, 5.74) is 2.72. The van der Waals surface area contributed by atoms with Crippen LogP contribution < -0.4 is 14.4 Å². The Bertz CT molecular complexity index is 1130. The zero-order valence-electron chi connectivity index (χ0n) is 17.7. The molecular formula is C24H24N4O4. The van der Waals surface area contributed by atoms with Gasteiger partial charge in [-0.3, -0.25) is 4.79 Å². The van der Waals surface area contributed by atoms with E-state index in [1.807, 2.05) is 17.0 Å². The summed E-state index contributed by atoms with van der Waals surface area (Å²) in [7, 11) is 0. The maximum atomic E-state index is 12.9. The molecule has 164 valence electrons. The smallest absolute Gasteiger partial charge is 0.254 e. The minimum Gasteiger partial charge on any atom is -0.454 e. The van der Waals surface area contributed by atoms with E-state index in [9.17, 15) is 4.79 Å². The van der Waals surface area contributed by atoms with Crippen molar-refractivity contribution in [3.8, 4) is 22.9 Å². The molecule has 0 bridgehead atoms. The number of carbonyl (C=O) groups excluding carboxylic acids is 1. The first-order chi connectivity index (χ1) is 15.7. The number of hydrogen-bond donors (Lipinski definition) is 0. The van der Waals surface area contributed by atoms with E-state index in [1.165, 1.54) is 6.42 Å². The molecular weight excluding hydrogens is 408 g/mol. The van der Waals surface area contributed by atoms with Crippen molar-refractivity contribution >= 4 is 11.6 Å². The lowest BCUT2D eigenvalue weighted by Gasteiger charge is -2.36. The molecule has 1 saturated heterocycles. The van der Waals surface area contributed by atoms with Crippen LogP contribution in [0.3, 0.4) is 0 Å². The average molecular weight is 432 g/mol. The van der Waals surface area contributed by atoms with Crippen molar-refractivity contribution in [3.05, 3.63) is 53.9 Å². The fraction of sp³-hybridized carbons (Fsp3) is 0.375. The van der Waals surface area contributed by atoms with Crippen LogP contribution in [0.2, 0.25) is 0 Å². The number of hydrogen-bond acceptors (Lipinski definition) is 7. The Morgan fingerprint density at radius 2 is 1.72 bits per heavy atom. The molecule has 32 heavy (non-hydrogen) atoms. The van der Waals surface area contributed by atoms with Gasteiger partial charge < -0.3 is 23.8 Å². The maximum absolute atomic E-state index is 12.9. The molecule has 0 atom stereocenters. The molecule has 2 aliphatic heterocycles. The second kappa shape index (κ2) is 7.85. The Morgan fingerprint density at radius 3 is 2.47 bits per heavy atom. The minimum atomic E-state index is 0.0256. The van der Waals surface area contributed by atoms with E-state index in [1.54, 1.807) is 18.2 Å². The predicted octanol–water partition coefficient (Wildman–Crippen LogP) is 3.70. The number of fused-ring (bicyclic) bond motifs is 1. The van der Waals surface area contributed by atoms with E-state index >= 15 is 0 Å². The lowest BCUT2D eigenvalue weighted by Crippen LogP contribution is -2.48. The number of nitrogens with zero attached hydrogens (tertiary/aromatic N) is 4. The van der Waals surface area contributed by atoms with E-state index in [0.717, 1.165) is 43.1 Å². The summed E-state index contributed by atoms with van der Waals surface area (Å²) in [4.78, 5) is 21.7. The molecule has 2 fully saturated rings. The van der Waals surface area contributed by atoms with Gasteiger partial charge in [-0.25, -0.2) is 0 Å². The average Bonchev–Trinajstić information content (AvgIpc) is 3.47. The Labute approximate surface area is 185 Å². The molecule has 0 unspecified atom stereocenters. The highest BCUT2D eigenvalue weighted by atomic mass is 16.7. The van der Waals surface area contributed by atoms with E-state index in [4.69, 9.17) is 14.0 Å². The van der Waals surface area contributed by atoms with Crippen molar-refractivity contribution in [1.82, 2.24) is 15.0 Å². The molecule has 0 N–H and O–H groups in total. The van der Waals surface area contributed by atoms with E-state index in [-0.39, 0.29) is 12.7 Å². The van der Waals surface area contributed by atoms with Gasteiger partial charge in [0.1, 0.15) is 0 Å². The van der Waals surface area contributed by atoms with Gasteiger partial charge in [-0.1, -0.05) is 11.6 Å². The Morgan fingerprint density at radius 1 is 0.938 bits per heavy atom. The summed E-state index contributed by atoms with van der Waals surface area (Å²) >= 11 is 0.